The van der Waals surface area contributed by atoms with E-state index in [1.54, 1.807) is 17.0 Å². The van der Waals surface area contributed by atoms with Crippen molar-refractivity contribution in [1.82, 2.24) is 25.1 Å². The zero-order valence-corrected chi connectivity index (χ0v) is 19.3. The minimum absolute atomic E-state index is 0.0688. The fraction of sp³-hybridized carbons (Fsp3) is 0.500. The highest BCUT2D eigenvalue weighted by molar-refractivity contribution is 5.92. The number of hydrogen-bond acceptors (Lipinski definition) is 5. The van der Waals surface area contributed by atoms with Crippen LogP contribution in [0.2, 0.25) is 0 Å². The largest absolute Gasteiger partial charge is 0.354 e. The predicted molar refractivity (Wildman–Crippen MR) is 122 cm³/mol. The fourth-order valence-corrected chi connectivity index (χ4v) is 3.45. The molecule has 0 saturated carbocycles. The first kappa shape index (κ1) is 25.4. The van der Waals surface area contributed by atoms with Crippen molar-refractivity contribution in [1.29, 1.82) is 0 Å². The second kappa shape index (κ2) is 13.5. The maximum absolute atomic E-state index is 13.2. The van der Waals surface area contributed by atoms with E-state index in [0.717, 1.165) is 38.0 Å². The number of amides is 2. The number of carbonyl (C=O) groups is 2. The molecule has 0 aliphatic carbocycles. The number of aromatic nitrogens is 2. The van der Waals surface area contributed by atoms with E-state index in [1.165, 1.54) is 30.7 Å². The number of carbonyl (C=O) groups excluding carboxylic acids is 2. The van der Waals surface area contributed by atoms with Crippen LogP contribution in [0.15, 0.2) is 42.9 Å². The summed E-state index contributed by atoms with van der Waals surface area (Å²) in [5, 5.41) is 3.02. The maximum Gasteiger partial charge on any atom is 0.274 e. The molecule has 1 heterocycles. The normalized spacial score (nSPS) is 11.9. The zero-order chi connectivity index (χ0) is 23.3. The standard InChI is InChI=1S/C24H34FN5O2/c1-4-29(5-2)15-6-7-19(3)28-23(31)12-16-30(18-20-8-10-21(25)11-9-20)24(32)22-17-26-13-14-27-22/h8-11,13-14,17,19H,4-7,12,15-16,18H2,1-3H3,(H,28,31). The molecule has 1 N–H and O–H groups in total. The second-order valence-electron chi connectivity index (χ2n) is 7.83. The second-order valence-corrected chi connectivity index (χ2v) is 7.83. The van der Waals surface area contributed by atoms with Gasteiger partial charge in [0.1, 0.15) is 11.5 Å². The van der Waals surface area contributed by atoms with Gasteiger partial charge >= 0.3 is 0 Å². The van der Waals surface area contributed by atoms with E-state index < -0.39 is 0 Å². The number of hydrogen-bond donors (Lipinski definition) is 1. The molecular formula is C24H34FN5O2. The Balaban J connectivity index is 1.91. The Morgan fingerprint density at radius 3 is 2.44 bits per heavy atom. The number of rotatable bonds is 13. The smallest absolute Gasteiger partial charge is 0.274 e. The molecule has 7 nitrogen and oxygen atoms in total. The molecule has 1 atom stereocenters. The van der Waals surface area contributed by atoms with Gasteiger partial charge in [0.15, 0.2) is 0 Å². The third-order valence-electron chi connectivity index (χ3n) is 5.38. The molecule has 2 rings (SSSR count). The van der Waals surface area contributed by atoms with Gasteiger partial charge in [-0.05, 0) is 57.1 Å². The molecule has 2 aromatic rings. The average molecular weight is 444 g/mol. The van der Waals surface area contributed by atoms with Crippen molar-refractivity contribution >= 4 is 11.8 Å². The van der Waals surface area contributed by atoms with Crippen LogP contribution in [-0.4, -0.2) is 63.8 Å². The van der Waals surface area contributed by atoms with Crippen molar-refractivity contribution in [2.75, 3.05) is 26.2 Å². The number of halogens is 1. The quantitative estimate of drug-likeness (QED) is 0.514. The zero-order valence-electron chi connectivity index (χ0n) is 19.3. The van der Waals surface area contributed by atoms with Gasteiger partial charge in [-0.1, -0.05) is 26.0 Å². The summed E-state index contributed by atoms with van der Waals surface area (Å²) in [6.45, 7) is 9.85. The van der Waals surface area contributed by atoms with Crippen molar-refractivity contribution in [3.63, 3.8) is 0 Å². The summed E-state index contributed by atoms with van der Waals surface area (Å²) in [6.07, 6.45) is 6.45. The highest BCUT2D eigenvalue weighted by Crippen LogP contribution is 2.11. The van der Waals surface area contributed by atoms with Gasteiger partial charge in [-0.25, -0.2) is 9.37 Å². The van der Waals surface area contributed by atoms with Crippen LogP contribution in [0.4, 0.5) is 4.39 Å². The summed E-state index contributed by atoms with van der Waals surface area (Å²) in [5.74, 6) is -0.756. The van der Waals surface area contributed by atoms with E-state index in [1.807, 2.05) is 6.92 Å². The lowest BCUT2D eigenvalue weighted by atomic mass is 10.1. The predicted octanol–water partition coefficient (Wildman–Crippen LogP) is 3.27. The first-order valence-corrected chi connectivity index (χ1v) is 11.2. The molecule has 0 aliphatic rings. The Morgan fingerprint density at radius 2 is 1.81 bits per heavy atom. The molecule has 0 spiro atoms. The van der Waals surface area contributed by atoms with Gasteiger partial charge in [-0.3, -0.25) is 14.6 Å². The van der Waals surface area contributed by atoms with Crippen molar-refractivity contribution < 1.29 is 14.0 Å². The maximum atomic E-state index is 13.2. The molecule has 2 amide bonds. The molecule has 174 valence electrons. The van der Waals surface area contributed by atoms with Crippen LogP contribution in [0.5, 0.6) is 0 Å². The monoisotopic (exact) mass is 443 g/mol. The lowest BCUT2D eigenvalue weighted by Crippen LogP contribution is -2.38. The van der Waals surface area contributed by atoms with Crippen LogP contribution in [0, 0.1) is 5.82 Å². The van der Waals surface area contributed by atoms with E-state index >= 15 is 0 Å². The van der Waals surface area contributed by atoms with Crippen molar-refractivity contribution in [2.45, 2.75) is 52.6 Å². The van der Waals surface area contributed by atoms with Crippen LogP contribution in [0.25, 0.3) is 0 Å². The summed E-state index contributed by atoms with van der Waals surface area (Å²) in [4.78, 5) is 37.3. The van der Waals surface area contributed by atoms with E-state index in [2.05, 4.69) is 34.0 Å². The van der Waals surface area contributed by atoms with Gasteiger partial charge in [0.05, 0.1) is 6.20 Å². The molecule has 0 bridgehead atoms. The Hall–Kier alpha value is -2.87. The van der Waals surface area contributed by atoms with Gasteiger partial charge in [-0.2, -0.15) is 0 Å². The first-order valence-electron chi connectivity index (χ1n) is 11.2. The Morgan fingerprint density at radius 1 is 1.09 bits per heavy atom. The van der Waals surface area contributed by atoms with Crippen molar-refractivity contribution in [3.05, 3.63) is 59.9 Å². The van der Waals surface area contributed by atoms with Gasteiger partial charge < -0.3 is 15.1 Å². The minimum Gasteiger partial charge on any atom is -0.354 e. The van der Waals surface area contributed by atoms with Crippen molar-refractivity contribution in [2.24, 2.45) is 0 Å². The molecule has 0 aliphatic heterocycles. The third-order valence-corrected chi connectivity index (χ3v) is 5.38. The summed E-state index contributed by atoms with van der Waals surface area (Å²) >= 11 is 0. The van der Waals surface area contributed by atoms with Gasteiger partial charge in [0.25, 0.3) is 5.91 Å². The van der Waals surface area contributed by atoms with Crippen LogP contribution in [-0.2, 0) is 11.3 Å². The van der Waals surface area contributed by atoms with Gasteiger partial charge in [0.2, 0.25) is 5.91 Å². The summed E-state index contributed by atoms with van der Waals surface area (Å²) < 4.78 is 13.2. The molecule has 0 fully saturated rings. The molecule has 32 heavy (non-hydrogen) atoms. The highest BCUT2D eigenvalue weighted by Gasteiger charge is 2.19. The van der Waals surface area contributed by atoms with Crippen molar-refractivity contribution in [3.8, 4) is 0 Å². The lowest BCUT2D eigenvalue weighted by molar-refractivity contribution is -0.121. The molecular weight excluding hydrogens is 409 g/mol. The molecule has 8 heteroatoms. The lowest BCUT2D eigenvalue weighted by Gasteiger charge is -2.23. The van der Waals surface area contributed by atoms with Crippen LogP contribution >= 0.6 is 0 Å². The van der Waals surface area contributed by atoms with E-state index in [4.69, 9.17) is 0 Å². The molecule has 1 unspecified atom stereocenters. The third kappa shape index (κ3) is 8.70. The van der Waals surface area contributed by atoms with Crippen LogP contribution < -0.4 is 5.32 Å². The minimum atomic E-state index is -0.338. The van der Waals surface area contributed by atoms with Crippen LogP contribution in [0.3, 0.4) is 0 Å². The molecule has 1 aromatic heterocycles. The highest BCUT2D eigenvalue weighted by atomic mass is 19.1. The summed E-state index contributed by atoms with van der Waals surface area (Å²) in [5.41, 5.74) is 0.980. The van der Waals surface area contributed by atoms with Gasteiger partial charge in [0, 0.05) is 37.9 Å². The molecule has 1 aromatic carbocycles. The first-order chi connectivity index (χ1) is 15.4. The molecule has 0 saturated heterocycles. The number of nitrogens with zero attached hydrogens (tertiary/aromatic N) is 4. The summed E-state index contributed by atoms with van der Waals surface area (Å²) in [6, 6.07) is 6.04. The SMILES string of the molecule is CCN(CC)CCCC(C)NC(=O)CCN(Cc1ccc(F)cc1)C(=O)c1cnccn1. The Bertz CT molecular complexity index is 828. The fourth-order valence-electron chi connectivity index (χ4n) is 3.45. The number of nitrogens with one attached hydrogen (secondary N) is 1. The van der Waals surface area contributed by atoms with Gasteiger partial charge in [-0.15, -0.1) is 0 Å². The van der Waals surface area contributed by atoms with E-state index in [9.17, 15) is 14.0 Å². The number of benzene rings is 1. The van der Waals surface area contributed by atoms with E-state index in [-0.39, 0.29) is 48.9 Å². The Kier molecular flexibility index (Phi) is 10.7. The molecule has 0 radical (unpaired) electrons. The van der Waals surface area contributed by atoms with E-state index in [0.29, 0.717) is 0 Å². The summed E-state index contributed by atoms with van der Waals surface area (Å²) in [7, 11) is 0. The average Bonchev–Trinajstić information content (AvgIpc) is 2.81. The van der Waals surface area contributed by atoms with Crippen LogP contribution in [0.1, 0.15) is 56.1 Å². The Labute approximate surface area is 190 Å². The topological polar surface area (TPSA) is 78.4 Å².